The summed E-state index contributed by atoms with van der Waals surface area (Å²) in [4.78, 5) is 253. The van der Waals surface area contributed by atoms with Crippen LogP contribution in [-0.2, 0) is 97.4 Å². The van der Waals surface area contributed by atoms with E-state index in [0.717, 1.165) is 0 Å². The summed E-state index contributed by atoms with van der Waals surface area (Å²) < 4.78 is 54.4. The molecule has 8 amide bonds. The Morgan fingerprint density at radius 2 is 0.592 bits per heavy atom. The van der Waals surface area contributed by atoms with Crippen molar-refractivity contribution in [3.8, 4) is 0 Å². The van der Waals surface area contributed by atoms with Crippen molar-refractivity contribution >= 4 is 96.5 Å². The van der Waals surface area contributed by atoms with E-state index in [9.17, 15) is 133 Å². The lowest BCUT2D eigenvalue weighted by atomic mass is 10.1. The number of carboxylic acid groups (broad SMARTS) is 3. The number of alkyl carbamates (subject to hydrolysis) is 8. The lowest BCUT2D eigenvalue weighted by Gasteiger charge is -2.22. The molecule has 0 aliphatic heterocycles. The van der Waals surface area contributed by atoms with Gasteiger partial charge in [-0.1, -0.05) is 6.42 Å². The van der Waals surface area contributed by atoms with E-state index in [1.807, 2.05) is 0 Å². The number of nitrogens with one attached hydrogen (secondary N) is 8. The molecule has 0 saturated carbocycles. The van der Waals surface area contributed by atoms with Gasteiger partial charge in [0, 0.05) is 26.2 Å². The number of rotatable bonds is 60. The molecule has 1 rings (SSSR count). The smallest absolute Gasteiger partial charge is 0.480 e. The van der Waals surface area contributed by atoms with Crippen molar-refractivity contribution in [2.24, 2.45) is 42.9 Å². The highest BCUT2D eigenvalue weighted by atomic mass is 17.0. The second-order valence-electron chi connectivity index (χ2n) is 32.7. The van der Waals surface area contributed by atoms with Crippen LogP contribution in [-0.4, -0.2) is 280 Å². The summed E-state index contributed by atoms with van der Waals surface area (Å²) in [5, 5.41) is 101. The minimum absolute atomic E-state index is 0.00467. The first-order valence-corrected chi connectivity index (χ1v) is 43.1. The third-order valence-corrected chi connectivity index (χ3v) is 15.7. The van der Waals surface area contributed by atoms with Crippen molar-refractivity contribution in [1.29, 1.82) is 0 Å². The summed E-state index contributed by atoms with van der Waals surface area (Å²) in [5.41, 5.74) is 19.2. The van der Waals surface area contributed by atoms with Crippen LogP contribution in [0.15, 0.2) is 33.6 Å². The van der Waals surface area contributed by atoms with Gasteiger partial charge in [0.05, 0.1) is 39.6 Å². The van der Waals surface area contributed by atoms with Gasteiger partial charge in [-0.05, 0) is 212 Å². The summed E-state index contributed by atoms with van der Waals surface area (Å²) >= 11 is 0. The number of carbonyl (C=O) groups is 12. The number of unbranched alkanes of at least 4 members (excludes halogenated alkanes) is 6. The number of carbonyl (C=O) groups excluding carboxylic acids is 9. The molecule has 0 saturated heterocycles. The van der Waals surface area contributed by atoms with Crippen LogP contribution in [0.2, 0.25) is 0 Å². The Bertz CT molecular complexity index is 4300. The lowest BCUT2D eigenvalue weighted by Crippen LogP contribution is -2.44. The van der Waals surface area contributed by atoms with Crippen LogP contribution in [0.4, 0.5) is 38.4 Å². The van der Waals surface area contributed by atoms with E-state index in [4.69, 9.17) is 79.5 Å². The molecule has 142 heavy (non-hydrogen) atoms. The zero-order valence-electron chi connectivity index (χ0n) is 80.6. The van der Waals surface area contributed by atoms with Crippen LogP contribution in [0.5, 0.6) is 0 Å². The van der Waals surface area contributed by atoms with Crippen LogP contribution < -0.4 is 71.3 Å². The number of amides is 8. The fourth-order valence-electron chi connectivity index (χ4n) is 9.78. The van der Waals surface area contributed by atoms with Gasteiger partial charge >= 0.3 is 78.4 Å². The van der Waals surface area contributed by atoms with Gasteiger partial charge in [-0.2, -0.15) is 0 Å². The Morgan fingerprint density at radius 3 is 0.845 bits per heavy atom. The van der Waals surface area contributed by atoms with Crippen molar-refractivity contribution in [1.82, 2.24) is 42.5 Å². The molecule has 0 aliphatic carbocycles. The summed E-state index contributed by atoms with van der Waals surface area (Å²) in [5.74, 6) is -6.32. The van der Waals surface area contributed by atoms with E-state index in [1.165, 1.54) is 6.92 Å². The van der Waals surface area contributed by atoms with Gasteiger partial charge in [-0.3, -0.25) is 41.2 Å². The first kappa shape index (κ1) is 130. The van der Waals surface area contributed by atoms with E-state index in [-0.39, 0.29) is 191 Å². The molecule has 67 heteroatoms. The number of ether oxygens (including phenoxy) is 9. The number of aliphatic carboxylic acids is 3. The van der Waals surface area contributed by atoms with Gasteiger partial charge in [0.25, 0.3) is 30.5 Å². The number of carboxylic acids is 3. The number of guanidine groups is 4. The summed E-state index contributed by atoms with van der Waals surface area (Å²) in [6.45, 7) is 19.8. The number of nitrogens with zero attached hydrogens (tertiary/aromatic N) is 10. The highest BCUT2D eigenvalue weighted by molar-refractivity contribution is 5.95. The lowest BCUT2D eigenvalue weighted by molar-refractivity contribution is -0.790. The number of nitrogens with two attached hydrogens (primary N) is 4. The minimum atomic E-state index is -1.25. The molecule has 0 spiro atoms. The zero-order valence-corrected chi connectivity index (χ0v) is 80.6. The normalized spacial score (nSPS) is 12.7. The van der Waals surface area contributed by atoms with Crippen molar-refractivity contribution in [2.75, 3.05) is 79.0 Å². The summed E-state index contributed by atoms with van der Waals surface area (Å²) in [7, 11) is 0. The molecular weight excluding hydrogens is 1930 g/mol. The van der Waals surface area contributed by atoms with Crippen LogP contribution in [0.1, 0.15) is 223 Å². The van der Waals surface area contributed by atoms with Crippen LogP contribution in [0.25, 0.3) is 0 Å². The maximum absolute atomic E-state index is 12.7. The molecule has 0 aliphatic rings. The number of aliphatic imine (C=N–C) groups is 4. The monoisotopic (exact) mass is 2060 g/mol. The molecule has 0 bridgehead atoms. The molecule has 0 radical (unpaired) electrons. The fraction of sp³-hybridized carbons (Fsp3) is 0.747. The summed E-state index contributed by atoms with van der Waals surface area (Å²) in [6.07, 6.45) is -3.71. The predicted octanol–water partition coefficient (Wildman–Crippen LogP) is 4.32. The van der Waals surface area contributed by atoms with Gasteiger partial charge in [-0.25, -0.2) is 62.3 Å². The van der Waals surface area contributed by atoms with Gasteiger partial charge < -0.3 is 140 Å². The largest absolute Gasteiger partial charge is 0.519 e. The first-order valence-electron chi connectivity index (χ1n) is 43.1. The Balaban J connectivity index is -0.00000183. The molecule has 6 atom stereocenters. The highest BCUT2D eigenvalue weighted by Crippen LogP contribution is 2.17. The average Bonchev–Trinajstić information content (AvgIpc) is 1.61. The van der Waals surface area contributed by atoms with Crippen molar-refractivity contribution < 1.29 is 184 Å². The molecule has 1 heterocycles. The maximum atomic E-state index is 12.7. The fourth-order valence-corrected chi connectivity index (χ4v) is 9.78. The second-order valence-corrected chi connectivity index (χ2v) is 32.7. The summed E-state index contributed by atoms with van der Waals surface area (Å²) in [6, 6.07) is -4.67. The van der Waals surface area contributed by atoms with Crippen molar-refractivity contribution in [2.45, 2.75) is 284 Å². The van der Waals surface area contributed by atoms with Crippen molar-refractivity contribution in [3.05, 3.63) is 82.8 Å². The van der Waals surface area contributed by atoms with Gasteiger partial charge in [0.2, 0.25) is 0 Å². The molecule has 67 nitrogen and oxygen atoms in total. The van der Waals surface area contributed by atoms with Crippen LogP contribution in [0, 0.1) is 67.6 Å². The molecule has 810 valence electrons. The molecular formula is C75H130N22O45. The third kappa shape index (κ3) is 82.4. The molecule has 0 fully saturated rings. The number of aryl methyl sites for hydroxylation is 1. The maximum Gasteiger partial charge on any atom is 0.519 e. The van der Waals surface area contributed by atoms with E-state index in [1.54, 1.807) is 83.1 Å². The highest BCUT2D eigenvalue weighted by Gasteiger charge is 2.30. The van der Waals surface area contributed by atoms with E-state index in [0.29, 0.717) is 38.5 Å². The van der Waals surface area contributed by atoms with Gasteiger partial charge in [-0.15, -0.1) is 60.7 Å². The number of esters is 1. The van der Waals surface area contributed by atoms with Crippen LogP contribution >= 0.6 is 0 Å². The van der Waals surface area contributed by atoms with E-state index >= 15 is 0 Å². The zero-order chi connectivity index (χ0) is 109. The second kappa shape index (κ2) is 72.5. The standard InChI is InChI=1S/C23H36N6O15.C18H32N6O12.C18H33N5O9.C16H29N5O9/c1-14-17(42-22(33)41-14)13-39-18(30)16(26-21(32)43-23(2,3)4)9-7-10-25-19(24)27-20(31)38-11-6-5-8-15(44-29(36)37)12-40-28(34)35;1-18(2,3)35-17(28)21-13(14(25)26)8-6-9-20-15(19)22-16(27)33-10-5-4-7-12(36-24(31)32)11-34-23(29)30;1-18(2,3)32-17(27)21-13(14(24)25)9-8-10-20-15(19)22-16(26)30-11-6-4-5-7-12-31-23(28)29;1-16(2,3)30-15(25)19-11(12(22)23)7-6-8-18-13(17)20-14(24)28-9-4-5-10-29-21(26)27/h15-16H,5-13H2,1-4H3,(H,26,32)(H3,24,25,27,31);12-13H,4-11H2,1-3H3,(H,21,28)(H,25,26)(H3,19,20,22,27);13H,4-12H2,1-3H3,(H,21,27)(H,24,25)(H3,19,20,22,26);11H,4-10H2,1-3H3,(H,19,25)(H,22,23)(H3,17,18,20,24). The van der Waals surface area contributed by atoms with Gasteiger partial charge in [0.15, 0.2) is 42.0 Å². The minimum Gasteiger partial charge on any atom is -0.480 e. The van der Waals surface area contributed by atoms with E-state index in [2.05, 4.69) is 91.5 Å². The Morgan fingerprint density at radius 1 is 0.338 bits per heavy atom. The van der Waals surface area contributed by atoms with Crippen LogP contribution in [0.3, 0.4) is 0 Å². The van der Waals surface area contributed by atoms with Gasteiger partial charge in [0.1, 0.15) is 72.0 Å². The SMILES string of the molecule is CC(C)(C)OC(=O)NC(CCCN=C(N)NC(=O)OCCCCC(CO[N+](=O)[O-])O[N+](=O)[O-])C(=O)O.CC(C)(C)OC(=O)NC(CCCN=C(N)NC(=O)OCCCCCCO[N+](=O)[O-])C(=O)O.CC(C)(C)OC(=O)NC(CCCN=C(N)NC(=O)OCCCCO[N+](=O)[O-])C(=O)O.Cc1oc(=O)oc1COC(=O)C(CCCN=C(N)NC(=O)OCCCCC(CO[N+](=O)[O-])O[N+](=O)[O-])NC(=O)OC(C)(C)C. The quantitative estimate of drug-likeness (QED) is 0.00821. The third-order valence-electron chi connectivity index (χ3n) is 15.7. The molecule has 0 aromatic carbocycles. The molecule has 19 N–H and O–H groups in total. The molecule has 6 unspecified atom stereocenters. The number of hydrogen-bond acceptors (Lipinski definition) is 46. The first-order chi connectivity index (χ1) is 66.0. The predicted molar refractivity (Wildman–Crippen MR) is 479 cm³/mol. The van der Waals surface area contributed by atoms with Crippen molar-refractivity contribution in [3.63, 3.8) is 0 Å². The Labute approximate surface area is 808 Å². The average molecular weight is 2060 g/mol. The molecule has 1 aromatic rings. The Hall–Kier alpha value is -15.9. The topological polar surface area (TPSA) is 956 Å². The van der Waals surface area contributed by atoms with E-state index < -0.39 is 188 Å². The number of hydrogen-bond donors (Lipinski definition) is 15. The molecule has 1 aromatic heterocycles. The Kier molecular flexibility index (Phi) is 66.5.